The summed E-state index contributed by atoms with van der Waals surface area (Å²) in [6.45, 7) is 0. The lowest BCUT2D eigenvalue weighted by Crippen LogP contribution is -1.88. The van der Waals surface area contributed by atoms with E-state index in [1.165, 1.54) is 23.9 Å². The maximum atomic E-state index is 10.8. The van der Waals surface area contributed by atoms with Crippen LogP contribution >= 0.6 is 11.8 Å². The van der Waals surface area contributed by atoms with Crippen molar-refractivity contribution in [1.29, 1.82) is 0 Å². The molecule has 0 aliphatic heterocycles. The summed E-state index contributed by atoms with van der Waals surface area (Å²) in [5.41, 5.74) is 8.26. The van der Waals surface area contributed by atoms with Gasteiger partial charge in [-0.1, -0.05) is 35.1 Å². The van der Waals surface area contributed by atoms with E-state index in [1.807, 2.05) is 30.3 Å². The highest BCUT2D eigenvalue weighted by Crippen LogP contribution is 2.35. The van der Waals surface area contributed by atoms with Crippen molar-refractivity contribution < 1.29 is 4.92 Å². The van der Waals surface area contributed by atoms with Crippen molar-refractivity contribution in [1.82, 2.24) is 0 Å². The summed E-state index contributed by atoms with van der Waals surface area (Å²) in [6.07, 6.45) is 0. The van der Waals surface area contributed by atoms with Crippen LogP contribution in [0.25, 0.3) is 10.4 Å². The molecule has 0 unspecified atom stereocenters. The molecule has 0 heterocycles. The zero-order valence-corrected chi connectivity index (χ0v) is 10.4. The van der Waals surface area contributed by atoms with Crippen molar-refractivity contribution in [2.45, 2.75) is 9.79 Å². The Hall–Kier alpha value is -2.50. The van der Waals surface area contributed by atoms with Crippen molar-refractivity contribution in [2.24, 2.45) is 5.11 Å². The summed E-state index contributed by atoms with van der Waals surface area (Å²) >= 11 is 1.44. The second-order valence-electron chi connectivity index (χ2n) is 3.51. The molecule has 7 heteroatoms. The van der Waals surface area contributed by atoms with E-state index in [-0.39, 0.29) is 11.4 Å². The zero-order valence-electron chi connectivity index (χ0n) is 9.63. The molecule has 0 bridgehead atoms. The van der Waals surface area contributed by atoms with Crippen molar-refractivity contribution in [3.05, 3.63) is 69.1 Å². The monoisotopic (exact) mass is 272 g/mol. The summed E-state index contributed by atoms with van der Waals surface area (Å²) in [6, 6.07) is 14.1. The number of benzene rings is 2. The topological polar surface area (TPSA) is 91.9 Å². The lowest BCUT2D eigenvalue weighted by atomic mass is 10.3. The third kappa shape index (κ3) is 3.25. The van der Waals surface area contributed by atoms with Gasteiger partial charge in [0.2, 0.25) is 0 Å². The van der Waals surface area contributed by atoms with E-state index in [4.69, 9.17) is 5.53 Å². The number of nitro benzene ring substituents is 1. The Bertz CT molecular complexity index is 654. The van der Waals surface area contributed by atoms with Gasteiger partial charge in [-0.2, -0.15) is 0 Å². The second kappa shape index (κ2) is 5.90. The summed E-state index contributed by atoms with van der Waals surface area (Å²) in [7, 11) is 0. The molecule has 0 spiro atoms. The van der Waals surface area contributed by atoms with E-state index in [0.717, 1.165) is 9.79 Å². The fraction of sp³-hybridized carbons (Fsp3) is 0. The second-order valence-corrected chi connectivity index (χ2v) is 4.66. The van der Waals surface area contributed by atoms with Gasteiger partial charge >= 0.3 is 0 Å². The molecule has 94 valence electrons. The van der Waals surface area contributed by atoms with Crippen LogP contribution in [0.4, 0.5) is 11.4 Å². The Morgan fingerprint density at radius 3 is 2.53 bits per heavy atom. The van der Waals surface area contributed by atoms with E-state index in [0.29, 0.717) is 0 Å². The molecule has 6 nitrogen and oxygen atoms in total. The van der Waals surface area contributed by atoms with Gasteiger partial charge in [-0.15, -0.1) is 0 Å². The molecule has 2 rings (SSSR count). The summed E-state index contributed by atoms with van der Waals surface area (Å²) in [5, 5.41) is 14.1. The average molecular weight is 272 g/mol. The Labute approximate surface area is 112 Å². The molecule has 0 aliphatic carbocycles. The zero-order chi connectivity index (χ0) is 13.7. The minimum Gasteiger partial charge on any atom is -0.258 e. The number of rotatable bonds is 4. The van der Waals surface area contributed by atoms with E-state index < -0.39 is 4.92 Å². The van der Waals surface area contributed by atoms with Crippen LogP contribution in [0.3, 0.4) is 0 Å². The minimum atomic E-state index is -0.568. The van der Waals surface area contributed by atoms with Gasteiger partial charge in [-0.25, -0.2) is 0 Å². The smallest absolute Gasteiger partial charge is 0.258 e. The summed E-state index contributed by atoms with van der Waals surface area (Å²) < 4.78 is 0. The molecule has 0 aromatic heterocycles. The van der Waals surface area contributed by atoms with Crippen LogP contribution in [0.1, 0.15) is 0 Å². The Balaban J connectivity index is 2.36. The van der Waals surface area contributed by atoms with E-state index in [1.54, 1.807) is 6.07 Å². The number of hydrogen-bond donors (Lipinski definition) is 0. The third-order valence-corrected chi connectivity index (χ3v) is 3.27. The molecular formula is C12H8N4O2S. The molecule has 0 N–H and O–H groups in total. The third-order valence-electron chi connectivity index (χ3n) is 2.27. The first-order valence-electron chi connectivity index (χ1n) is 5.27. The van der Waals surface area contributed by atoms with Crippen LogP contribution in [0.15, 0.2) is 63.4 Å². The molecule has 0 fully saturated rings. The lowest BCUT2D eigenvalue weighted by molar-refractivity contribution is -0.384. The molecule has 0 saturated carbocycles. The summed E-state index contributed by atoms with van der Waals surface area (Å²) in [5.74, 6) is 0. The number of azide groups is 1. The van der Waals surface area contributed by atoms with Gasteiger partial charge in [-0.05, 0) is 29.8 Å². The van der Waals surface area contributed by atoms with Crippen LogP contribution in [0.5, 0.6) is 0 Å². The predicted molar refractivity (Wildman–Crippen MR) is 72.5 cm³/mol. The van der Waals surface area contributed by atoms with E-state index in [9.17, 15) is 10.1 Å². The highest BCUT2D eigenvalue weighted by molar-refractivity contribution is 7.99. The van der Waals surface area contributed by atoms with Gasteiger partial charge in [0.15, 0.2) is 0 Å². The molecule has 0 radical (unpaired) electrons. The average Bonchev–Trinajstić information content (AvgIpc) is 2.40. The first-order valence-corrected chi connectivity index (χ1v) is 6.09. The fourth-order valence-electron chi connectivity index (χ4n) is 1.47. The molecule has 0 atom stereocenters. The molecule has 2 aromatic carbocycles. The number of nitro groups is 1. The lowest BCUT2D eigenvalue weighted by Gasteiger charge is -2.03. The van der Waals surface area contributed by atoms with Crippen LogP contribution in [0.2, 0.25) is 0 Å². The SMILES string of the molecule is [N-]=[N+]=Nc1cc(Sc2ccccc2)ccc1[N+](=O)[O-]. The van der Waals surface area contributed by atoms with Crippen LogP contribution in [0, 0.1) is 10.1 Å². The van der Waals surface area contributed by atoms with Crippen molar-refractivity contribution in [2.75, 3.05) is 0 Å². The predicted octanol–water partition coefficient (Wildman–Crippen LogP) is 4.69. The first-order chi connectivity index (χ1) is 9.20. The van der Waals surface area contributed by atoms with Gasteiger partial charge in [-0.3, -0.25) is 10.1 Å². The molecule has 0 saturated heterocycles. The number of nitrogens with zero attached hydrogens (tertiary/aromatic N) is 4. The van der Waals surface area contributed by atoms with Crippen molar-refractivity contribution in [3.63, 3.8) is 0 Å². The molecule has 0 amide bonds. The minimum absolute atomic E-state index is 0.0217. The Kier molecular flexibility index (Phi) is 4.02. The van der Waals surface area contributed by atoms with Crippen LogP contribution in [-0.2, 0) is 0 Å². The van der Waals surface area contributed by atoms with E-state index >= 15 is 0 Å². The van der Waals surface area contributed by atoms with Gasteiger partial charge < -0.3 is 0 Å². The molecule has 2 aromatic rings. The van der Waals surface area contributed by atoms with Crippen LogP contribution in [-0.4, -0.2) is 4.92 Å². The van der Waals surface area contributed by atoms with Gasteiger partial charge in [0.25, 0.3) is 5.69 Å². The normalized spacial score (nSPS) is 9.68. The molecular weight excluding hydrogens is 264 g/mol. The standard InChI is InChI=1S/C12H8N4O2S/c13-15-14-11-8-10(6-7-12(11)16(17)18)19-9-4-2-1-3-5-9/h1-8H. The first kappa shape index (κ1) is 12.9. The fourth-order valence-corrected chi connectivity index (χ4v) is 2.35. The van der Waals surface area contributed by atoms with Gasteiger partial charge in [0.1, 0.15) is 5.69 Å². The van der Waals surface area contributed by atoms with Crippen molar-refractivity contribution >= 4 is 23.1 Å². The maximum absolute atomic E-state index is 10.8. The van der Waals surface area contributed by atoms with Gasteiger partial charge in [0.05, 0.1) is 4.92 Å². The maximum Gasteiger partial charge on any atom is 0.279 e. The Morgan fingerprint density at radius 1 is 1.16 bits per heavy atom. The quantitative estimate of drug-likeness (QED) is 0.266. The Morgan fingerprint density at radius 2 is 1.89 bits per heavy atom. The van der Waals surface area contributed by atoms with Crippen LogP contribution < -0.4 is 0 Å². The molecule has 19 heavy (non-hydrogen) atoms. The highest BCUT2D eigenvalue weighted by atomic mass is 32.2. The van der Waals surface area contributed by atoms with Gasteiger partial charge in [0, 0.05) is 20.8 Å². The van der Waals surface area contributed by atoms with E-state index in [2.05, 4.69) is 10.0 Å². The molecule has 0 aliphatic rings. The summed E-state index contributed by atoms with van der Waals surface area (Å²) in [4.78, 5) is 14.6. The largest absolute Gasteiger partial charge is 0.279 e. The highest BCUT2D eigenvalue weighted by Gasteiger charge is 2.13. The number of hydrogen-bond acceptors (Lipinski definition) is 4. The van der Waals surface area contributed by atoms with Crippen molar-refractivity contribution in [3.8, 4) is 0 Å².